The molecule has 0 atom stereocenters. The van der Waals surface area contributed by atoms with Crippen molar-refractivity contribution in [1.82, 2.24) is 29.6 Å². The minimum absolute atomic E-state index is 0.0592. The molecule has 0 saturated heterocycles. The molecule has 0 bridgehead atoms. The normalized spacial score (nSPS) is 17.4. The van der Waals surface area contributed by atoms with Crippen LogP contribution in [0, 0.1) is 6.57 Å². The van der Waals surface area contributed by atoms with E-state index in [0.717, 1.165) is 42.9 Å². The molecule has 4 aromatic rings. The molecule has 1 aliphatic heterocycles. The van der Waals surface area contributed by atoms with E-state index in [4.69, 9.17) is 11.6 Å². The number of hydrogen-bond acceptors (Lipinski definition) is 6. The molecule has 36 heavy (non-hydrogen) atoms. The van der Waals surface area contributed by atoms with Crippen molar-refractivity contribution in [3.63, 3.8) is 0 Å². The molecule has 0 radical (unpaired) electrons. The van der Waals surface area contributed by atoms with E-state index in [1.54, 1.807) is 17.1 Å². The van der Waals surface area contributed by atoms with E-state index in [1.807, 2.05) is 29.8 Å². The summed E-state index contributed by atoms with van der Waals surface area (Å²) in [7, 11) is 0. The molecule has 9 heteroatoms. The lowest BCUT2D eigenvalue weighted by atomic mass is 9.85. The summed E-state index contributed by atoms with van der Waals surface area (Å²) in [4.78, 5) is 30.7. The van der Waals surface area contributed by atoms with Gasteiger partial charge in [0.1, 0.15) is 11.1 Å². The smallest absolute Gasteiger partial charge is 0.278 e. The first-order valence-electron chi connectivity index (χ1n) is 12.3. The van der Waals surface area contributed by atoms with Crippen molar-refractivity contribution >= 4 is 22.7 Å². The van der Waals surface area contributed by atoms with Crippen LogP contribution in [0.5, 0.6) is 0 Å². The number of aromatic nitrogens is 5. The number of nitrogens with zero attached hydrogens (tertiary/aromatic N) is 6. The maximum absolute atomic E-state index is 13.2. The van der Waals surface area contributed by atoms with Gasteiger partial charge in [0.2, 0.25) is 5.95 Å². The van der Waals surface area contributed by atoms with E-state index in [1.165, 1.54) is 11.1 Å². The molecule has 0 amide bonds. The average molecular weight is 481 g/mol. The SMILES string of the molecule is [C-]#[N+]C1(c2cc(-n3c4nc(Nc5ccc6c(c5)CCNC6(C)C)ncc4c(=O)n3CC)ccn2)CC1. The Kier molecular flexibility index (Phi) is 4.99. The van der Waals surface area contributed by atoms with Gasteiger partial charge in [-0.2, -0.15) is 4.98 Å². The molecule has 1 saturated carbocycles. The van der Waals surface area contributed by atoms with E-state index in [0.29, 0.717) is 23.5 Å². The van der Waals surface area contributed by atoms with Gasteiger partial charge in [-0.1, -0.05) is 6.07 Å². The standard InChI is InChI=1S/C27H28N8O/c1-5-34-24(36)20-16-30-25(32-18-6-7-21-17(14-18)8-13-31-26(21,2)3)33-23(20)35(34)19-9-12-29-22(15-19)27(28-4)10-11-27/h6-7,9,12,14-16,31H,5,8,10-11,13H2,1-3H3,(H,30,32,33). The summed E-state index contributed by atoms with van der Waals surface area (Å²) < 4.78 is 3.46. The summed E-state index contributed by atoms with van der Waals surface area (Å²) >= 11 is 0. The number of pyridine rings is 1. The van der Waals surface area contributed by atoms with Crippen LogP contribution < -0.4 is 16.2 Å². The molecule has 182 valence electrons. The van der Waals surface area contributed by atoms with Crippen LogP contribution in [0.4, 0.5) is 11.6 Å². The summed E-state index contributed by atoms with van der Waals surface area (Å²) in [6.45, 7) is 15.3. The minimum atomic E-state index is -0.533. The van der Waals surface area contributed by atoms with Crippen molar-refractivity contribution in [2.45, 2.75) is 57.7 Å². The van der Waals surface area contributed by atoms with E-state index in [2.05, 4.69) is 51.4 Å². The van der Waals surface area contributed by atoms with Crippen LogP contribution in [0.3, 0.4) is 0 Å². The van der Waals surface area contributed by atoms with Gasteiger partial charge in [-0.25, -0.2) is 20.9 Å². The summed E-state index contributed by atoms with van der Waals surface area (Å²) in [5.74, 6) is 0.423. The molecule has 1 aliphatic carbocycles. The topological polar surface area (TPSA) is 94.0 Å². The lowest BCUT2D eigenvalue weighted by Crippen LogP contribution is -2.42. The van der Waals surface area contributed by atoms with Gasteiger partial charge < -0.3 is 15.5 Å². The Balaban J connectivity index is 1.42. The maximum Gasteiger partial charge on any atom is 0.278 e. The number of benzene rings is 1. The zero-order valence-corrected chi connectivity index (χ0v) is 20.7. The highest BCUT2D eigenvalue weighted by molar-refractivity contribution is 5.77. The van der Waals surface area contributed by atoms with Crippen LogP contribution in [-0.2, 0) is 24.0 Å². The number of fused-ring (bicyclic) bond motifs is 2. The molecular weight excluding hydrogens is 452 g/mol. The van der Waals surface area contributed by atoms with Crippen LogP contribution in [0.25, 0.3) is 21.6 Å². The highest BCUT2D eigenvalue weighted by Gasteiger charge is 2.54. The van der Waals surface area contributed by atoms with Crippen molar-refractivity contribution in [1.29, 1.82) is 0 Å². The molecule has 6 rings (SSSR count). The molecule has 3 aromatic heterocycles. The fraction of sp³-hybridized carbons (Fsp3) is 0.370. The van der Waals surface area contributed by atoms with Gasteiger partial charge in [0.15, 0.2) is 5.65 Å². The van der Waals surface area contributed by atoms with Crippen LogP contribution in [0.1, 0.15) is 50.4 Å². The van der Waals surface area contributed by atoms with Gasteiger partial charge in [0, 0.05) is 43.0 Å². The molecular formula is C27H28N8O. The third-order valence-electron chi connectivity index (χ3n) is 7.37. The summed E-state index contributed by atoms with van der Waals surface area (Å²) in [5.41, 5.74) is 4.80. The Morgan fingerprint density at radius 2 is 2.03 bits per heavy atom. The second-order valence-electron chi connectivity index (χ2n) is 10.1. The number of hydrogen-bond donors (Lipinski definition) is 2. The third-order valence-corrected chi connectivity index (χ3v) is 7.37. The quantitative estimate of drug-likeness (QED) is 0.419. The molecule has 1 fully saturated rings. The Labute approximate surface area is 209 Å². The zero-order chi connectivity index (χ0) is 25.1. The third kappa shape index (κ3) is 3.48. The van der Waals surface area contributed by atoms with Gasteiger partial charge in [-0.3, -0.25) is 9.78 Å². The van der Waals surface area contributed by atoms with Gasteiger partial charge >= 0.3 is 0 Å². The first-order valence-corrected chi connectivity index (χ1v) is 12.3. The second kappa shape index (κ2) is 8.00. The number of anilines is 2. The van der Waals surface area contributed by atoms with Crippen LogP contribution >= 0.6 is 0 Å². The monoisotopic (exact) mass is 480 g/mol. The zero-order valence-electron chi connectivity index (χ0n) is 20.7. The van der Waals surface area contributed by atoms with Crippen molar-refractivity contribution in [2.24, 2.45) is 0 Å². The predicted octanol–water partition coefficient (Wildman–Crippen LogP) is 4.03. The highest BCUT2D eigenvalue weighted by atomic mass is 16.1. The summed E-state index contributed by atoms with van der Waals surface area (Å²) in [6.07, 6.45) is 5.87. The van der Waals surface area contributed by atoms with Crippen molar-refractivity contribution < 1.29 is 0 Å². The van der Waals surface area contributed by atoms with Gasteiger partial charge in [-0.05, 0) is 69.1 Å². The lowest BCUT2D eigenvalue weighted by Gasteiger charge is -2.34. The molecule has 0 unspecified atom stereocenters. The fourth-order valence-corrected chi connectivity index (χ4v) is 5.21. The van der Waals surface area contributed by atoms with E-state index < -0.39 is 5.54 Å². The highest BCUT2D eigenvalue weighted by Crippen LogP contribution is 2.49. The first kappa shape index (κ1) is 22.4. The number of nitrogens with one attached hydrogen (secondary N) is 2. The largest absolute Gasteiger partial charge is 0.324 e. The van der Waals surface area contributed by atoms with Crippen LogP contribution in [0.15, 0.2) is 47.5 Å². The van der Waals surface area contributed by atoms with Gasteiger partial charge in [-0.15, -0.1) is 0 Å². The molecule has 9 nitrogen and oxygen atoms in total. The lowest BCUT2D eigenvalue weighted by molar-refractivity contribution is 0.382. The molecule has 4 heterocycles. The molecule has 2 N–H and O–H groups in total. The Morgan fingerprint density at radius 3 is 2.78 bits per heavy atom. The van der Waals surface area contributed by atoms with Gasteiger partial charge in [0.25, 0.3) is 11.1 Å². The van der Waals surface area contributed by atoms with Crippen LogP contribution in [-0.4, -0.2) is 30.9 Å². The molecule has 1 aromatic carbocycles. The van der Waals surface area contributed by atoms with Crippen molar-refractivity contribution in [3.05, 3.63) is 81.3 Å². The van der Waals surface area contributed by atoms with E-state index >= 15 is 0 Å². The molecule has 0 spiro atoms. The van der Waals surface area contributed by atoms with Gasteiger partial charge in [0.05, 0.1) is 5.69 Å². The first-order chi connectivity index (χ1) is 17.3. The van der Waals surface area contributed by atoms with Crippen molar-refractivity contribution in [2.75, 3.05) is 11.9 Å². The second-order valence-corrected chi connectivity index (χ2v) is 10.1. The summed E-state index contributed by atoms with van der Waals surface area (Å²) in [6, 6.07) is 10.1. The minimum Gasteiger partial charge on any atom is -0.324 e. The Bertz CT molecular complexity index is 1600. The van der Waals surface area contributed by atoms with Crippen molar-refractivity contribution in [3.8, 4) is 5.69 Å². The number of rotatable bonds is 5. The fourth-order valence-electron chi connectivity index (χ4n) is 5.21. The predicted molar refractivity (Wildman–Crippen MR) is 139 cm³/mol. The van der Waals surface area contributed by atoms with E-state index in [-0.39, 0.29) is 11.1 Å². The van der Waals surface area contributed by atoms with Crippen LogP contribution in [0.2, 0.25) is 0 Å². The summed E-state index contributed by atoms with van der Waals surface area (Å²) in [5, 5.41) is 7.34. The average Bonchev–Trinajstić information content (AvgIpc) is 3.63. The van der Waals surface area contributed by atoms with E-state index in [9.17, 15) is 4.79 Å². The Hall–Kier alpha value is -4.03. The Morgan fingerprint density at radius 1 is 1.19 bits per heavy atom. The molecule has 2 aliphatic rings. The maximum atomic E-state index is 13.2.